The summed E-state index contributed by atoms with van der Waals surface area (Å²) in [5, 5.41) is 3.13. The Morgan fingerprint density at radius 3 is 2.83 bits per heavy atom. The van der Waals surface area contributed by atoms with Gasteiger partial charge in [-0.05, 0) is 43.9 Å². The van der Waals surface area contributed by atoms with E-state index in [4.69, 9.17) is 4.74 Å². The van der Waals surface area contributed by atoms with Gasteiger partial charge in [0.05, 0.1) is 18.4 Å². The monoisotopic (exact) mass is 542 g/mol. The van der Waals surface area contributed by atoms with E-state index in [-0.39, 0.29) is 48.2 Å². The second-order valence-corrected chi connectivity index (χ2v) is 8.80. The van der Waals surface area contributed by atoms with Crippen LogP contribution in [0.4, 0.5) is 4.39 Å². The van der Waals surface area contributed by atoms with Crippen LogP contribution < -0.4 is 10.0 Å². The van der Waals surface area contributed by atoms with E-state index in [1.54, 1.807) is 6.07 Å². The van der Waals surface area contributed by atoms with Gasteiger partial charge in [-0.3, -0.25) is 4.99 Å². The summed E-state index contributed by atoms with van der Waals surface area (Å²) in [6.45, 7) is 4.20. The topological polar surface area (TPSA) is 83.0 Å². The van der Waals surface area contributed by atoms with Gasteiger partial charge in [0.25, 0.3) is 0 Å². The van der Waals surface area contributed by atoms with Crippen molar-refractivity contribution in [2.75, 3.05) is 39.0 Å². The molecule has 0 aliphatic carbocycles. The van der Waals surface area contributed by atoms with Crippen LogP contribution >= 0.6 is 24.0 Å². The molecule has 29 heavy (non-hydrogen) atoms. The predicted octanol–water partition coefficient (Wildman–Crippen LogP) is 2.33. The molecule has 1 heterocycles. The molecule has 7 nitrogen and oxygen atoms in total. The standard InChI is InChI=1S/C19H31FN4O3S.HI/c1-3-21-19(24(2)15-16-7-6-8-17(20)13-16)22-10-12-28(25,26)23-14-18-9-4-5-11-27-18;/h6-8,13,18,23H,3-5,9-12,14-15H2,1-2H3,(H,21,22);1H. The third-order valence-electron chi connectivity index (χ3n) is 4.43. The molecule has 1 aromatic rings. The van der Waals surface area contributed by atoms with Crippen molar-refractivity contribution >= 4 is 40.0 Å². The van der Waals surface area contributed by atoms with Gasteiger partial charge in [0.15, 0.2) is 5.96 Å². The molecule has 0 saturated carbocycles. The second kappa shape index (κ2) is 13.3. The van der Waals surface area contributed by atoms with E-state index in [0.29, 0.717) is 32.2 Å². The Morgan fingerprint density at radius 1 is 1.38 bits per heavy atom. The van der Waals surface area contributed by atoms with Crippen LogP contribution in [0.3, 0.4) is 0 Å². The molecule has 1 aliphatic heterocycles. The molecule has 0 aromatic heterocycles. The Kier molecular flexibility index (Phi) is 12.0. The molecule has 1 atom stereocenters. The maximum atomic E-state index is 13.4. The Labute approximate surface area is 190 Å². The molecular formula is C19H32FIN4O3S. The summed E-state index contributed by atoms with van der Waals surface area (Å²) in [5.74, 6) is 0.201. The minimum atomic E-state index is -3.41. The molecule has 2 N–H and O–H groups in total. The number of nitrogens with one attached hydrogen (secondary N) is 2. The van der Waals surface area contributed by atoms with Gasteiger partial charge in [-0.25, -0.2) is 17.5 Å². The number of benzene rings is 1. The first kappa shape index (κ1) is 26.1. The number of guanidine groups is 1. The Morgan fingerprint density at radius 2 is 2.17 bits per heavy atom. The van der Waals surface area contributed by atoms with Crippen molar-refractivity contribution in [3.8, 4) is 0 Å². The first-order valence-corrected chi connectivity index (χ1v) is 11.4. The van der Waals surface area contributed by atoms with Gasteiger partial charge < -0.3 is 15.0 Å². The average molecular weight is 542 g/mol. The molecule has 10 heteroatoms. The van der Waals surface area contributed by atoms with E-state index in [9.17, 15) is 12.8 Å². The average Bonchev–Trinajstić information content (AvgIpc) is 2.66. The zero-order chi connectivity index (χ0) is 20.4. The quantitative estimate of drug-likeness (QED) is 0.285. The zero-order valence-electron chi connectivity index (χ0n) is 17.1. The van der Waals surface area contributed by atoms with Gasteiger partial charge in [0.1, 0.15) is 5.82 Å². The summed E-state index contributed by atoms with van der Waals surface area (Å²) in [4.78, 5) is 6.24. The lowest BCUT2D eigenvalue weighted by molar-refractivity contribution is 0.0200. The number of hydrogen-bond acceptors (Lipinski definition) is 4. The fraction of sp³-hybridized carbons (Fsp3) is 0.632. The number of hydrogen-bond donors (Lipinski definition) is 2. The summed E-state index contributed by atoms with van der Waals surface area (Å²) in [6.07, 6.45) is 2.95. The minimum absolute atomic E-state index is 0. The van der Waals surface area contributed by atoms with Crippen LogP contribution in [-0.2, 0) is 21.3 Å². The minimum Gasteiger partial charge on any atom is -0.377 e. The van der Waals surface area contributed by atoms with Gasteiger partial charge in [-0.2, -0.15) is 0 Å². The predicted molar refractivity (Wildman–Crippen MR) is 125 cm³/mol. The van der Waals surface area contributed by atoms with Gasteiger partial charge in [-0.15, -0.1) is 24.0 Å². The highest BCUT2D eigenvalue weighted by Gasteiger charge is 2.17. The first-order valence-electron chi connectivity index (χ1n) is 9.72. The molecule has 0 amide bonds. The molecule has 1 unspecified atom stereocenters. The molecular weight excluding hydrogens is 510 g/mol. The Bertz CT molecular complexity index is 743. The molecule has 0 spiro atoms. The number of halogens is 2. The van der Waals surface area contributed by atoms with Crippen molar-refractivity contribution in [3.05, 3.63) is 35.6 Å². The van der Waals surface area contributed by atoms with E-state index in [1.807, 2.05) is 24.9 Å². The van der Waals surface area contributed by atoms with Crippen molar-refractivity contribution in [1.82, 2.24) is 14.9 Å². The molecule has 1 aromatic carbocycles. The van der Waals surface area contributed by atoms with Crippen LogP contribution in [-0.4, -0.2) is 64.4 Å². The summed E-state index contributed by atoms with van der Waals surface area (Å²) >= 11 is 0. The maximum absolute atomic E-state index is 13.4. The summed E-state index contributed by atoms with van der Waals surface area (Å²) in [6, 6.07) is 6.38. The van der Waals surface area contributed by atoms with Crippen LogP contribution in [0.2, 0.25) is 0 Å². The van der Waals surface area contributed by atoms with Crippen LogP contribution in [0.25, 0.3) is 0 Å². The molecule has 0 radical (unpaired) electrons. The van der Waals surface area contributed by atoms with Crippen LogP contribution in [0.15, 0.2) is 29.3 Å². The number of aliphatic imine (C=N–C) groups is 1. The Hall–Kier alpha value is -0.980. The molecule has 2 rings (SSSR count). The van der Waals surface area contributed by atoms with Gasteiger partial charge in [0.2, 0.25) is 10.0 Å². The third kappa shape index (κ3) is 10.1. The largest absolute Gasteiger partial charge is 0.377 e. The Balaban J connectivity index is 0.00000420. The second-order valence-electron chi connectivity index (χ2n) is 6.88. The van der Waals surface area contributed by atoms with E-state index in [2.05, 4.69) is 15.0 Å². The number of sulfonamides is 1. The summed E-state index contributed by atoms with van der Waals surface area (Å²) in [5.41, 5.74) is 0.815. The lowest BCUT2D eigenvalue weighted by Crippen LogP contribution is -2.39. The normalized spacial score (nSPS) is 17.5. The van der Waals surface area contributed by atoms with Gasteiger partial charge in [-0.1, -0.05) is 12.1 Å². The van der Waals surface area contributed by atoms with Gasteiger partial charge >= 0.3 is 0 Å². The van der Waals surface area contributed by atoms with Crippen LogP contribution in [0.5, 0.6) is 0 Å². The molecule has 166 valence electrons. The molecule has 1 saturated heterocycles. The lowest BCUT2D eigenvalue weighted by atomic mass is 10.1. The van der Waals surface area contributed by atoms with E-state index >= 15 is 0 Å². The van der Waals surface area contributed by atoms with Crippen molar-refractivity contribution in [2.45, 2.75) is 38.8 Å². The lowest BCUT2D eigenvalue weighted by Gasteiger charge is -2.23. The molecule has 0 bridgehead atoms. The SMILES string of the molecule is CCNC(=NCCS(=O)(=O)NCC1CCCCO1)N(C)Cc1cccc(F)c1.I. The third-order valence-corrected chi connectivity index (χ3v) is 5.76. The number of nitrogens with zero attached hydrogens (tertiary/aromatic N) is 2. The number of rotatable bonds is 9. The summed E-state index contributed by atoms with van der Waals surface area (Å²) < 4.78 is 45.9. The van der Waals surface area contributed by atoms with Crippen molar-refractivity contribution < 1.29 is 17.5 Å². The molecule has 1 fully saturated rings. The van der Waals surface area contributed by atoms with Crippen molar-refractivity contribution in [3.63, 3.8) is 0 Å². The van der Waals surface area contributed by atoms with E-state index < -0.39 is 10.0 Å². The van der Waals surface area contributed by atoms with Crippen LogP contribution in [0.1, 0.15) is 31.7 Å². The number of ether oxygens (including phenoxy) is 1. The van der Waals surface area contributed by atoms with Crippen molar-refractivity contribution in [2.24, 2.45) is 4.99 Å². The van der Waals surface area contributed by atoms with E-state index in [0.717, 1.165) is 24.8 Å². The van der Waals surface area contributed by atoms with Crippen LogP contribution in [0, 0.1) is 5.82 Å². The van der Waals surface area contributed by atoms with Gasteiger partial charge in [0, 0.05) is 33.3 Å². The highest BCUT2D eigenvalue weighted by molar-refractivity contribution is 14.0. The first-order chi connectivity index (χ1) is 13.4. The smallest absolute Gasteiger partial charge is 0.213 e. The highest BCUT2D eigenvalue weighted by atomic mass is 127. The highest BCUT2D eigenvalue weighted by Crippen LogP contribution is 2.12. The fourth-order valence-electron chi connectivity index (χ4n) is 2.99. The molecule has 1 aliphatic rings. The van der Waals surface area contributed by atoms with Crippen molar-refractivity contribution in [1.29, 1.82) is 0 Å². The van der Waals surface area contributed by atoms with E-state index in [1.165, 1.54) is 12.1 Å². The fourth-order valence-corrected chi connectivity index (χ4v) is 3.90. The maximum Gasteiger partial charge on any atom is 0.213 e. The summed E-state index contributed by atoms with van der Waals surface area (Å²) in [7, 11) is -1.58. The zero-order valence-corrected chi connectivity index (χ0v) is 20.2.